The summed E-state index contributed by atoms with van der Waals surface area (Å²) in [4.78, 5) is 22.1. The van der Waals surface area contributed by atoms with Crippen molar-refractivity contribution in [1.29, 1.82) is 0 Å². The zero-order chi connectivity index (χ0) is 22.2. The second-order valence-corrected chi connectivity index (χ2v) is 8.17. The van der Waals surface area contributed by atoms with E-state index in [1.165, 1.54) is 0 Å². The lowest BCUT2D eigenvalue weighted by atomic mass is 10.1. The molecule has 0 saturated carbocycles. The number of fused-ring (bicyclic) bond motifs is 1. The Morgan fingerprint density at radius 2 is 1.94 bits per heavy atom. The minimum Gasteiger partial charge on any atom is -0.497 e. The summed E-state index contributed by atoms with van der Waals surface area (Å²) in [5.74, 6) is 1.49. The summed E-state index contributed by atoms with van der Waals surface area (Å²) in [5, 5.41) is 0. The summed E-state index contributed by atoms with van der Waals surface area (Å²) in [6.07, 6.45) is 3.66. The van der Waals surface area contributed by atoms with Crippen molar-refractivity contribution in [3.63, 3.8) is 0 Å². The van der Waals surface area contributed by atoms with Gasteiger partial charge in [0.1, 0.15) is 17.2 Å². The smallest absolute Gasteiger partial charge is 0.257 e. The van der Waals surface area contributed by atoms with Crippen molar-refractivity contribution in [3.8, 4) is 17.0 Å². The Labute approximate surface area is 186 Å². The van der Waals surface area contributed by atoms with Crippen LogP contribution in [-0.2, 0) is 0 Å². The van der Waals surface area contributed by atoms with E-state index in [0.717, 1.165) is 34.9 Å². The normalized spacial score (nSPS) is 17.1. The van der Waals surface area contributed by atoms with Crippen LogP contribution < -0.4 is 4.74 Å². The molecule has 0 spiro atoms. The van der Waals surface area contributed by atoms with Crippen molar-refractivity contribution < 1.29 is 13.9 Å². The molecule has 4 aromatic rings. The number of rotatable bonds is 4. The number of ether oxygens (including phenoxy) is 1. The topological polar surface area (TPSA) is 63.2 Å². The first-order valence-corrected chi connectivity index (χ1v) is 10.7. The number of hydrogen-bond donors (Lipinski definition) is 0. The number of carbonyl (C=O) groups is 1. The number of amides is 1. The second-order valence-electron chi connectivity index (χ2n) is 8.17. The molecular weight excluding hydrogens is 404 g/mol. The summed E-state index contributed by atoms with van der Waals surface area (Å²) < 4.78 is 12.7. The number of imidazole rings is 1. The number of hydrogen-bond acceptors (Lipinski definition) is 5. The average molecular weight is 431 g/mol. The summed E-state index contributed by atoms with van der Waals surface area (Å²) >= 11 is 0. The van der Waals surface area contributed by atoms with Gasteiger partial charge in [0.25, 0.3) is 5.91 Å². The summed E-state index contributed by atoms with van der Waals surface area (Å²) in [6.45, 7) is 3.87. The van der Waals surface area contributed by atoms with Gasteiger partial charge in [0.15, 0.2) is 0 Å². The SMILES string of the molecule is COc1ccc(-c2cccc3nc([C@@H]4CN(C(=O)c5ccoc5C)CCN4C)cn23)cc1. The zero-order valence-electron chi connectivity index (χ0n) is 18.5. The third-order valence-corrected chi connectivity index (χ3v) is 6.26. The quantitative estimate of drug-likeness (QED) is 0.489. The standard InChI is InChI=1S/C25H26N4O3/c1-17-20(11-14-32-17)25(30)28-13-12-27(2)23(16-28)21-15-29-22(5-4-6-24(29)26-21)18-7-9-19(31-3)10-8-18/h4-11,14-15,23H,12-13,16H2,1-3H3/t23-/m0/s1. The van der Waals surface area contributed by atoms with Gasteiger partial charge in [0.05, 0.1) is 36.4 Å². The van der Waals surface area contributed by atoms with E-state index in [0.29, 0.717) is 24.4 Å². The van der Waals surface area contributed by atoms with Crippen molar-refractivity contribution in [2.75, 3.05) is 33.8 Å². The molecule has 4 heterocycles. The van der Waals surface area contributed by atoms with Gasteiger partial charge in [0.2, 0.25) is 0 Å². The van der Waals surface area contributed by atoms with E-state index >= 15 is 0 Å². The minimum atomic E-state index is 0.0111. The summed E-state index contributed by atoms with van der Waals surface area (Å²) in [6, 6.07) is 15.9. The molecule has 5 rings (SSSR count). The van der Waals surface area contributed by atoms with Crippen LogP contribution in [0.3, 0.4) is 0 Å². The predicted octanol–water partition coefficient (Wildman–Crippen LogP) is 4.04. The van der Waals surface area contributed by atoms with Gasteiger partial charge in [0, 0.05) is 25.8 Å². The van der Waals surface area contributed by atoms with Crippen LogP contribution in [-0.4, -0.2) is 58.9 Å². The van der Waals surface area contributed by atoms with E-state index in [1.54, 1.807) is 19.4 Å². The van der Waals surface area contributed by atoms with Crippen LogP contribution in [0.1, 0.15) is 27.9 Å². The van der Waals surface area contributed by atoms with Crippen LogP contribution >= 0.6 is 0 Å². The van der Waals surface area contributed by atoms with E-state index < -0.39 is 0 Å². The van der Waals surface area contributed by atoms with Gasteiger partial charge >= 0.3 is 0 Å². The van der Waals surface area contributed by atoms with Crippen LogP contribution in [0.15, 0.2) is 65.4 Å². The molecule has 1 aromatic carbocycles. The Kier molecular flexibility index (Phi) is 5.19. The van der Waals surface area contributed by atoms with Gasteiger partial charge < -0.3 is 14.1 Å². The lowest BCUT2D eigenvalue weighted by Crippen LogP contribution is -2.49. The predicted molar refractivity (Wildman–Crippen MR) is 122 cm³/mol. The monoisotopic (exact) mass is 430 g/mol. The Hall–Kier alpha value is -3.58. The van der Waals surface area contributed by atoms with Crippen LogP contribution in [0.25, 0.3) is 16.9 Å². The van der Waals surface area contributed by atoms with Crippen molar-refractivity contribution >= 4 is 11.6 Å². The highest BCUT2D eigenvalue weighted by Crippen LogP contribution is 2.28. The van der Waals surface area contributed by atoms with Crippen LogP contribution in [0.2, 0.25) is 0 Å². The minimum absolute atomic E-state index is 0.0111. The second kappa shape index (κ2) is 8.16. The highest BCUT2D eigenvalue weighted by Gasteiger charge is 2.31. The molecule has 0 unspecified atom stereocenters. The molecule has 32 heavy (non-hydrogen) atoms. The third-order valence-electron chi connectivity index (χ3n) is 6.26. The first-order chi connectivity index (χ1) is 15.5. The summed E-state index contributed by atoms with van der Waals surface area (Å²) in [5.41, 5.74) is 4.62. The van der Waals surface area contributed by atoms with E-state index in [1.807, 2.05) is 48.2 Å². The van der Waals surface area contributed by atoms with Crippen LogP contribution in [0.5, 0.6) is 5.75 Å². The molecule has 7 heteroatoms. The lowest BCUT2D eigenvalue weighted by molar-refractivity contribution is 0.0539. The van der Waals surface area contributed by atoms with Crippen LogP contribution in [0.4, 0.5) is 0 Å². The van der Waals surface area contributed by atoms with Gasteiger partial charge in [-0.3, -0.25) is 14.1 Å². The molecule has 0 N–H and O–H groups in total. The van der Waals surface area contributed by atoms with E-state index in [-0.39, 0.29) is 11.9 Å². The molecule has 1 aliphatic rings. The Bertz CT molecular complexity index is 1260. The number of nitrogens with zero attached hydrogens (tertiary/aromatic N) is 4. The van der Waals surface area contributed by atoms with Gasteiger partial charge in [-0.25, -0.2) is 4.98 Å². The number of likely N-dealkylation sites (N-methyl/N-ethyl adjacent to an activating group) is 1. The Balaban J connectivity index is 1.47. The Morgan fingerprint density at radius 3 is 2.66 bits per heavy atom. The molecule has 164 valence electrons. The number of carbonyl (C=O) groups excluding carboxylic acids is 1. The molecule has 1 amide bonds. The first kappa shape index (κ1) is 20.3. The molecule has 0 aliphatic carbocycles. The molecule has 0 bridgehead atoms. The third kappa shape index (κ3) is 3.54. The number of furan rings is 1. The molecular formula is C25H26N4O3. The van der Waals surface area contributed by atoms with Gasteiger partial charge in [-0.05, 0) is 62.0 Å². The lowest BCUT2D eigenvalue weighted by Gasteiger charge is -2.38. The first-order valence-electron chi connectivity index (χ1n) is 10.7. The highest BCUT2D eigenvalue weighted by atomic mass is 16.5. The fourth-order valence-corrected chi connectivity index (χ4v) is 4.34. The van der Waals surface area contributed by atoms with Crippen molar-refractivity contribution in [1.82, 2.24) is 19.2 Å². The fraction of sp³-hybridized carbons (Fsp3) is 0.280. The molecule has 1 aliphatic heterocycles. The Morgan fingerprint density at radius 1 is 1.12 bits per heavy atom. The number of benzene rings is 1. The molecule has 3 aromatic heterocycles. The molecule has 7 nitrogen and oxygen atoms in total. The van der Waals surface area contributed by atoms with Crippen molar-refractivity contribution in [2.24, 2.45) is 0 Å². The van der Waals surface area contributed by atoms with Gasteiger partial charge in [-0.2, -0.15) is 0 Å². The zero-order valence-corrected chi connectivity index (χ0v) is 18.5. The highest BCUT2D eigenvalue weighted by molar-refractivity contribution is 5.95. The summed E-state index contributed by atoms with van der Waals surface area (Å²) in [7, 11) is 3.75. The van der Waals surface area contributed by atoms with E-state index in [9.17, 15) is 4.79 Å². The maximum atomic E-state index is 13.0. The van der Waals surface area contributed by atoms with E-state index in [2.05, 4.69) is 28.6 Å². The fourth-order valence-electron chi connectivity index (χ4n) is 4.34. The maximum Gasteiger partial charge on any atom is 0.257 e. The van der Waals surface area contributed by atoms with Gasteiger partial charge in [-0.1, -0.05) is 6.07 Å². The van der Waals surface area contributed by atoms with E-state index in [4.69, 9.17) is 14.1 Å². The average Bonchev–Trinajstić information content (AvgIpc) is 3.45. The molecule has 1 saturated heterocycles. The largest absolute Gasteiger partial charge is 0.497 e. The number of pyridine rings is 1. The number of aromatic nitrogens is 2. The number of piperazine rings is 1. The molecule has 0 radical (unpaired) electrons. The molecule has 1 atom stereocenters. The number of aryl methyl sites for hydroxylation is 1. The van der Waals surface area contributed by atoms with Crippen molar-refractivity contribution in [2.45, 2.75) is 13.0 Å². The van der Waals surface area contributed by atoms with Crippen molar-refractivity contribution in [3.05, 3.63) is 78.0 Å². The van der Waals surface area contributed by atoms with Gasteiger partial charge in [-0.15, -0.1) is 0 Å². The maximum absolute atomic E-state index is 13.0. The number of methoxy groups -OCH3 is 1. The molecule has 1 fully saturated rings. The van der Waals surface area contributed by atoms with Crippen LogP contribution in [0, 0.1) is 6.92 Å².